The molecule has 0 unspecified atom stereocenters. The summed E-state index contributed by atoms with van der Waals surface area (Å²) in [6.45, 7) is 6.38. The van der Waals surface area contributed by atoms with Crippen molar-refractivity contribution in [2.75, 3.05) is 5.32 Å². The van der Waals surface area contributed by atoms with E-state index in [1.807, 2.05) is 30.7 Å². The van der Waals surface area contributed by atoms with Gasteiger partial charge in [0.25, 0.3) is 5.91 Å². The molecule has 2 heterocycles. The first-order valence-electron chi connectivity index (χ1n) is 7.59. The Bertz CT molecular complexity index is 898. The van der Waals surface area contributed by atoms with Crippen LogP contribution in [0.3, 0.4) is 0 Å². The molecule has 124 valence electrons. The minimum absolute atomic E-state index is 0.186. The fourth-order valence-corrected chi connectivity index (χ4v) is 3.40. The molecule has 0 bridgehead atoms. The van der Waals surface area contributed by atoms with E-state index < -0.39 is 0 Å². The molecule has 0 saturated carbocycles. The highest BCUT2D eigenvalue weighted by atomic mass is 32.1. The molecule has 0 fully saturated rings. The van der Waals surface area contributed by atoms with Crippen molar-refractivity contribution in [3.05, 3.63) is 68.9 Å². The van der Waals surface area contributed by atoms with E-state index in [4.69, 9.17) is 0 Å². The molecule has 0 spiro atoms. The van der Waals surface area contributed by atoms with Crippen molar-refractivity contribution < 1.29 is 9.18 Å². The van der Waals surface area contributed by atoms with Gasteiger partial charge in [-0.3, -0.25) is 9.48 Å². The minimum atomic E-state index is -0.311. The standard InChI is InChI=1S/C18H18FN3OS/c1-11-8-14(19)4-6-16(11)20-18(23)17-7-5-15(24-17)10-22-13(3)9-12(2)21-22/h4-9H,10H2,1-3H3,(H,20,23). The van der Waals surface area contributed by atoms with Crippen molar-refractivity contribution >= 4 is 22.9 Å². The Kier molecular flexibility index (Phi) is 4.49. The number of aromatic nitrogens is 2. The molecule has 0 atom stereocenters. The number of nitrogens with one attached hydrogen (secondary N) is 1. The Labute approximate surface area is 143 Å². The van der Waals surface area contributed by atoms with Crippen LogP contribution in [0.2, 0.25) is 0 Å². The lowest BCUT2D eigenvalue weighted by atomic mass is 10.2. The number of benzene rings is 1. The second-order valence-corrected chi connectivity index (χ2v) is 6.93. The van der Waals surface area contributed by atoms with Gasteiger partial charge < -0.3 is 5.32 Å². The highest BCUT2D eigenvalue weighted by molar-refractivity contribution is 7.14. The maximum Gasteiger partial charge on any atom is 0.265 e. The molecule has 0 aliphatic rings. The third-order valence-electron chi connectivity index (χ3n) is 3.73. The van der Waals surface area contributed by atoms with Gasteiger partial charge in [0.05, 0.1) is 17.1 Å². The van der Waals surface area contributed by atoms with E-state index in [-0.39, 0.29) is 11.7 Å². The summed E-state index contributed by atoms with van der Waals surface area (Å²) in [5.41, 5.74) is 3.39. The summed E-state index contributed by atoms with van der Waals surface area (Å²) in [5, 5.41) is 7.26. The largest absolute Gasteiger partial charge is 0.321 e. The van der Waals surface area contributed by atoms with Gasteiger partial charge in [-0.25, -0.2) is 4.39 Å². The maximum absolute atomic E-state index is 13.1. The Hall–Kier alpha value is -2.47. The molecule has 0 saturated heterocycles. The molecule has 24 heavy (non-hydrogen) atoms. The zero-order valence-electron chi connectivity index (χ0n) is 13.8. The van der Waals surface area contributed by atoms with Gasteiger partial charge in [-0.05, 0) is 62.7 Å². The number of rotatable bonds is 4. The summed E-state index contributed by atoms with van der Waals surface area (Å²) in [5.74, 6) is -0.497. The second-order valence-electron chi connectivity index (χ2n) is 5.76. The van der Waals surface area contributed by atoms with E-state index in [0.29, 0.717) is 22.7 Å². The zero-order valence-corrected chi connectivity index (χ0v) is 14.6. The number of aryl methyl sites for hydroxylation is 3. The van der Waals surface area contributed by atoms with Crippen molar-refractivity contribution in [2.45, 2.75) is 27.3 Å². The SMILES string of the molecule is Cc1cc(C)n(Cc2ccc(C(=O)Nc3ccc(F)cc3C)s2)n1. The third kappa shape index (κ3) is 3.54. The van der Waals surface area contributed by atoms with Gasteiger partial charge in [-0.15, -0.1) is 11.3 Å². The van der Waals surface area contributed by atoms with Gasteiger partial charge >= 0.3 is 0 Å². The van der Waals surface area contributed by atoms with Crippen molar-refractivity contribution in [3.8, 4) is 0 Å². The Morgan fingerprint density at radius 3 is 2.67 bits per heavy atom. The van der Waals surface area contributed by atoms with Crippen LogP contribution in [0.25, 0.3) is 0 Å². The van der Waals surface area contributed by atoms with Crippen LogP contribution < -0.4 is 5.32 Å². The molecule has 3 rings (SSSR count). The van der Waals surface area contributed by atoms with E-state index in [1.54, 1.807) is 19.1 Å². The van der Waals surface area contributed by atoms with Crippen LogP contribution in [-0.2, 0) is 6.54 Å². The first-order chi connectivity index (χ1) is 11.4. The number of nitrogens with zero attached hydrogens (tertiary/aromatic N) is 2. The van der Waals surface area contributed by atoms with Crippen LogP contribution in [0.4, 0.5) is 10.1 Å². The molecule has 1 aromatic carbocycles. The molecule has 3 aromatic rings. The smallest absolute Gasteiger partial charge is 0.265 e. The van der Waals surface area contributed by atoms with Crippen LogP contribution in [-0.4, -0.2) is 15.7 Å². The predicted octanol–water partition coefficient (Wildman–Crippen LogP) is 4.31. The molecule has 4 nitrogen and oxygen atoms in total. The normalized spacial score (nSPS) is 10.8. The summed E-state index contributed by atoms with van der Waals surface area (Å²) < 4.78 is 15.1. The van der Waals surface area contributed by atoms with Crippen molar-refractivity contribution in [1.82, 2.24) is 9.78 Å². The van der Waals surface area contributed by atoms with Crippen LogP contribution in [0.5, 0.6) is 0 Å². The molecule has 0 radical (unpaired) electrons. The summed E-state index contributed by atoms with van der Waals surface area (Å²) in [7, 11) is 0. The lowest BCUT2D eigenvalue weighted by Gasteiger charge is -2.07. The molecule has 6 heteroatoms. The molecule has 1 N–H and O–H groups in total. The van der Waals surface area contributed by atoms with Crippen molar-refractivity contribution in [1.29, 1.82) is 0 Å². The number of hydrogen-bond acceptors (Lipinski definition) is 3. The number of carbonyl (C=O) groups is 1. The number of hydrogen-bond donors (Lipinski definition) is 1. The summed E-state index contributed by atoms with van der Waals surface area (Å²) in [6.07, 6.45) is 0. The Morgan fingerprint density at radius 2 is 2.00 bits per heavy atom. The second kappa shape index (κ2) is 6.57. The van der Waals surface area contributed by atoms with E-state index in [2.05, 4.69) is 10.4 Å². The topological polar surface area (TPSA) is 46.9 Å². The average molecular weight is 343 g/mol. The number of carbonyl (C=O) groups excluding carboxylic acids is 1. The molecule has 2 aromatic heterocycles. The van der Waals surface area contributed by atoms with Gasteiger partial charge in [0.1, 0.15) is 5.82 Å². The van der Waals surface area contributed by atoms with Gasteiger partial charge in [0.15, 0.2) is 0 Å². The zero-order chi connectivity index (χ0) is 17.3. The van der Waals surface area contributed by atoms with Gasteiger partial charge in [-0.1, -0.05) is 0 Å². The van der Waals surface area contributed by atoms with Gasteiger partial charge in [0, 0.05) is 16.3 Å². The first kappa shape index (κ1) is 16.4. The average Bonchev–Trinajstić information content (AvgIpc) is 3.09. The van der Waals surface area contributed by atoms with Crippen LogP contribution in [0.15, 0.2) is 36.4 Å². The lowest BCUT2D eigenvalue weighted by molar-refractivity contribution is 0.103. The summed E-state index contributed by atoms with van der Waals surface area (Å²) in [6, 6.07) is 10.1. The number of amides is 1. The van der Waals surface area contributed by atoms with E-state index in [1.165, 1.54) is 23.5 Å². The van der Waals surface area contributed by atoms with Crippen LogP contribution >= 0.6 is 11.3 Å². The monoisotopic (exact) mass is 343 g/mol. The summed E-state index contributed by atoms with van der Waals surface area (Å²) >= 11 is 1.44. The maximum atomic E-state index is 13.1. The highest BCUT2D eigenvalue weighted by Gasteiger charge is 2.12. The van der Waals surface area contributed by atoms with E-state index in [0.717, 1.165) is 16.3 Å². The molecule has 1 amide bonds. The quantitative estimate of drug-likeness (QED) is 0.767. The number of anilines is 1. The molecule has 0 aliphatic carbocycles. The molecule has 0 aliphatic heterocycles. The van der Waals surface area contributed by atoms with Crippen LogP contribution in [0, 0.1) is 26.6 Å². The van der Waals surface area contributed by atoms with E-state index >= 15 is 0 Å². The van der Waals surface area contributed by atoms with Crippen molar-refractivity contribution in [2.24, 2.45) is 0 Å². The van der Waals surface area contributed by atoms with E-state index in [9.17, 15) is 9.18 Å². The highest BCUT2D eigenvalue weighted by Crippen LogP contribution is 2.21. The Morgan fingerprint density at radius 1 is 1.21 bits per heavy atom. The van der Waals surface area contributed by atoms with Crippen LogP contribution in [0.1, 0.15) is 31.5 Å². The van der Waals surface area contributed by atoms with Gasteiger partial charge in [-0.2, -0.15) is 5.10 Å². The van der Waals surface area contributed by atoms with Crippen molar-refractivity contribution in [3.63, 3.8) is 0 Å². The Balaban J connectivity index is 1.72. The fourth-order valence-electron chi connectivity index (χ4n) is 2.52. The minimum Gasteiger partial charge on any atom is -0.321 e. The number of halogens is 1. The molecular formula is C18H18FN3OS. The molecular weight excluding hydrogens is 325 g/mol. The fraction of sp³-hybridized carbons (Fsp3) is 0.222. The first-order valence-corrected chi connectivity index (χ1v) is 8.41. The predicted molar refractivity (Wildman–Crippen MR) is 94.2 cm³/mol. The summed E-state index contributed by atoms with van der Waals surface area (Å²) in [4.78, 5) is 14.0. The lowest BCUT2D eigenvalue weighted by Crippen LogP contribution is -2.11. The van der Waals surface area contributed by atoms with Gasteiger partial charge in [0.2, 0.25) is 0 Å². The third-order valence-corrected chi connectivity index (χ3v) is 4.80. The number of thiophene rings is 1.